The lowest BCUT2D eigenvalue weighted by atomic mass is 10.1. The molecular formula is C39H66N8O3. The summed E-state index contributed by atoms with van der Waals surface area (Å²) in [5.41, 5.74) is 8.01. The normalized spacial score (nSPS) is 12.6. The number of hydrogen-bond donors (Lipinski definition) is 4. The highest BCUT2D eigenvalue weighted by Crippen LogP contribution is 2.11. The first-order chi connectivity index (χ1) is 24.0. The zero-order chi connectivity index (χ0) is 36.6. The molecule has 0 saturated heterocycles. The quantitative estimate of drug-likeness (QED) is 0.0700. The van der Waals surface area contributed by atoms with Gasteiger partial charge in [-0.15, -0.1) is 0 Å². The Labute approximate surface area is 302 Å². The Kier molecular flexibility index (Phi) is 20.8. The number of nitrogens with two attached hydrogens (primary N) is 1. The number of amides is 2. The molecule has 0 spiro atoms. The van der Waals surface area contributed by atoms with E-state index in [9.17, 15) is 9.59 Å². The summed E-state index contributed by atoms with van der Waals surface area (Å²) < 4.78 is 5.34. The minimum absolute atomic E-state index is 0.0408. The van der Waals surface area contributed by atoms with Crippen LogP contribution in [-0.4, -0.2) is 111 Å². The van der Waals surface area contributed by atoms with Gasteiger partial charge in [-0.3, -0.25) is 19.6 Å². The third-order valence-corrected chi connectivity index (χ3v) is 8.49. The van der Waals surface area contributed by atoms with Crippen molar-refractivity contribution >= 4 is 18.0 Å². The Bertz CT molecular complexity index is 1220. The Morgan fingerprint density at radius 2 is 1.30 bits per heavy atom. The molecule has 0 aliphatic carbocycles. The first-order valence-corrected chi connectivity index (χ1v) is 18.4. The fourth-order valence-electron chi connectivity index (χ4n) is 5.74. The molecule has 0 bridgehead atoms. The van der Waals surface area contributed by atoms with E-state index < -0.39 is 5.60 Å². The van der Waals surface area contributed by atoms with E-state index in [-0.39, 0.29) is 18.0 Å². The molecule has 2 amide bonds. The summed E-state index contributed by atoms with van der Waals surface area (Å²) in [5.74, 6) is 0.542. The minimum atomic E-state index is -0.483. The molecule has 0 aliphatic rings. The average molecular weight is 695 g/mol. The number of aliphatic imine (C=N–C) groups is 1. The molecule has 1 unspecified atom stereocenters. The topological polar surface area (TPSA) is 128 Å². The predicted molar refractivity (Wildman–Crippen MR) is 206 cm³/mol. The summed E-state index contributed by atoms with van der Waals surface area (Å²) in [7, 11) is 5.43. The van der Waals surface area contributed by atoms with E-state index >= 15 is 0 Å². The lowest BCUT2D eigenvalue weighted by Crippen LogP contribution is -2.44. The monoisotopic (exact) mass is 695 g/mol. The van der Waals surface area contributed by atoms with Crippen molar-refractivity contribution in [2.24, 2.45) is 10.7 Å². The molecule has 11 heteroatoms. The van der Waals surface area contributed by atoms with Crippen molar-refractivity contribution in [3.05, 3.63) is 71.8 Å². The highest BCUT2D eigenvalue weighted by molar-refractivity contribution is 5.81. The van der Waals surface area contributed by atoms with Crippen LogP contribution < -0.4 is 21.7 Å². The summed E-state index contributed by atoms with van der Waals surface area (Å²) in [6.45, 7) is 13.3. The molecule has 0 aromatic heterocycles. The number of unbranched alkanes of at least 4 members (excludes halogenated alkanes) is 2. The van der Waals surface area contributed by atoms with E-state index in [4.69, 9.17) is 10.5 Å². The van der Waals surface area contributed by atoms with Gasteiger partial charge in [0.2, 0.25) is 5.91 Å². The molecule has 280 valence electrons. The van der Waals surface area contributed by atoms with Gasteiger partial charge in [-0.05, 0) is 97.1 Å². The number of nitrogens with one attached hydrogen (secondary N) is 3. The van der Waals surface area contributed by atoms with Gasteiger partial charge in [0, 0.05) is 53.4 Å². The SMILES string of the molecule is CN=C(N)N(C)CCCC(NC)C(=O)NCCCN(CCCN(CCCCCNC(=O)OC(C)(C)C)Cc1ccccc1)Cc1ccccc1. The van der Waals surface area contributed by atoms with Gasteiger partial charge in [-0.1, -0.05) is 67.1 Å². The Balaban J connectivity index is 1.85. The predicted octanol–water partition coefficient (Wildman–Crippen LogP) is 4.83. The van der Waals surface area contributed by atoms with Crippen molar-refractivity contribution in [2.45, 2.75) is 90.4 Å². The highest BCUT2D eigenvalue weighted by Gasteiger charge is 2.17. The van der Waals surface area contributed by atoms with E-state index in [1.54, 1.807) is 7.05 Å². The number of rotatable bonds is 24. The lowest BCUT2D eigenvalue weighted by molar-refractivity contribution is -0.123. The summed E-state index contributed by atoms with van der Waals surface area (Å²) in [6, 6.07) is 21.0. The summed E-state index contributed by atoms with van der Waals surface area (Å²) in [4.78, 5) is 35.8. The van der Waals surface area contributed by atoms with Crippen LogP contribution in [0.5, 0.6) is 0 Å². The second-order valence-electron chi connectivity index (χ2n) is 14.0. The van der Waals surface area contributed by atoms with Gasteiger partial charge in [0.05, 0.1) is 6.04 Å². The second-order valence-corrected chi connectivity index (χ2v) is 14.0. The molecule has 0 heterocycles. The molecular weight excluding hydrogens is 628 g/mol. The summed E-state index contributed by atoms with van der Waals surface area (Å²) in [5, 5.41) is 9.19. The number of likely N-dealkylation sites (N-methyl/N-ethyl adjacent to an activating group) is 1. The van der Waals surface area contributed by atoms with Crippen molar-refractivity contribution in [3.63, 3.8) is 0 Å². The van der Waals surface area contributed by atoms with Crippen molar-refractivity contribution in [1.82, 2.24) is 30.7 Å². The molecule has 11 nitrogen and oxygen atoms in total. The van der Waals surface area contributed by atoms with Crippen LogP contribution in [0.2, 0.25) is 0 Å². The fourth-order valence-corrected chi connectivity index (χ4v) is 5.74. The third-order valence-electron chi connectivity index (χ3n) is 8.49. The molecule has 0 radical (unpaired) electrons. The third kappa shape index (κ3) is 19.5. The highest BCUT2D eigenvalue weighted by atomic mass is 16.6. The van der Waals surface area contributed by atoms with Crippen LogP contribution in [0.1, 0.15) is 76.8 Å². The number of ether oxygens (including phenoxy) is 1. The van der Waals surface area contributed by atoms with Crippen molar-refractivity contribution in [1.29, 1.82) is 0 Å². The molecule has 2 aromatic rings. The Morgan fingerprint density at radius 3 is 1.84 bits per heavy atom. The Hall–Kier alpha value is -3.67. The number of benzene rings is 2. The number of hydrogen-bond acceptors (Lipinski definition) is 7. The van der Waals surface area contributed by atoms with Crippen molar-refractivity contribution < 1.29 is 14.3 Å². The van der Waals surface area contributed by atoms with Crippen LogP contribution in [0.15, 0.2) is 65.7 Å². The van der Waals surface area contributed by atoms with E-state index in [0.29, 0.717) is 19.0 Å². The minimum Gasteiger partial charge on any atom is -0.444 e. The zero-order valence-corrected chi connectivity index (χ0v) is 31.8. The van der Waals surface area contributed by atoms with E-state index in [1.807, 2.05) is 39.8 Å². The molecule has 50 heavy (non-hydrogen) atoms. The van der Waals surface area contributed by atoms with Gasteiger partial charge >= 0.3 is 6.09 Å². The molecule has 2 rings (SSSR count). The number of guanidine groups is 1. The van der Waals surface area contributed by atoms with E-state index in [0.717, 1.165) is 90.8 Å². The molecule has 0 fully saturated rings. The first-order valence-electron chi connectivity index (χ1n) is 18.4. The van der Waals surface area contributed by atoms with Crippen LogP contribution in [0, 0.1) is 0 Å². The van der Waals surface area contributed by atoms with E-state index in [2.05, 4.69) is 91.4 Å². The van der Waals surface area contributed by atoms with Gasteiger partial charge in [0.1, 0.15) is 5.60 Å². The summed E-state index contributed by atoms with van der Waals surface area (Å²) >= 11 is 0. The maximum absolute atomic E-state index is 12.9. The molecule has 1 atom stereocenters. The van der Waals surface area contributed by atoms with Crippen LogP contribution in [0.4, 0.5) is 4.79 Å². The van der Waals surface area contributed by atoms with Crippen LogP contribution in [0.25, 0.3) is 0 Å². The van der Waals surface area contributed by atoms with Gasteiger partial charge in [0.25, 0.3) is 0 Å². The number of nitrogens with zero attached hydrogens (tertiary/aromatic N) is 4. The van der Waals surface area contributed by atoms with Crippen molar-refractivity contribution in [2.75, 3.05) is 67.0 Å². The maximum Gasteiger partial charge on any atom is 0.407 e. The number of carbonyl (C=O) groups excluding carboxylic acids is 2. The van der Waals surface area contributed by atoms with Gasteiger partial charge in [-0.25, -0.2) is 4.79 Å². The maximum atomic E-state index is 12.9. The number of alkyl carbamates (subject to hydrolysis) is 1. The van der Waals surface area contributed by atoms with Crippen LogP contribution >= 0.6 is 0 Å². The van der Waals surface area contributed by atoms with Crippen molar-refractivity contribution in [3.8, 4) is 0 Å². The van der Waals surface area contributed by atoms with Gasteiger partial charge in [0.15, 0.2) is 5.96 Å². The zero-order valence-electron chi connectivity index (χ0n) is 31.8. The standard InChI is InChI=1S/C39H66N8O3/c1-39(2,3)50-38(49)44-24-14-9-15-27-46(31-33-19-10-7-11-20-33)29-18-30-47(32-34-21-12-8-13-22-34)28-17-25-43-36(48)35(41-4)23-16-26-45(6)37(40)42-5/h7-8,10-13,19-22,35,41H,9,14-18,23-32H2,1-6H3,(H2,40,42)(H,43,48)(H,44,49). The smallest absolute Gasteiger partial charge is 0.407 e. The fraction of sp³-hybridized carbons (Fsp3) is 0.615. The second kappa shape index (κ2) is 24.5. The average Bonchev–Trinajstić information content (AvgIpc) is 3.09. The van der Waals surface area contributed by atoms with Gasteiger partial charge in [-0.2, -0.15) is 0 Å². The molecule has 0 saturated carbocycles. The summed E-state index contributed by atoms with van der Waals surface area (Å²) in [6.07, 6.45) is 6.19. The first kappa shape index (κ1) is 42.5. The number of carbonyl (C=O) groups is 2. The van der Waals surface area contributed by atoms with Crippen LogP contribution in [0.3, 0.4) is 0 Å². The Morgan fingerprint density at radius 1 is 0.760 bits per heavy atom. The molecule has 2 aromatic carbocycles. The van der Waals surface area contributed by atoms with Crippen LogP contribution in [-0.2, 0) is 22.6 Å². The molecule has 5 N–H and O–H groups in total. The van der Waals surface area contributed by atoms with Gasteiger partial charge < -0.3 is 31.3 Å². The molecule has 0 aliphatic heterocycles. The largest absolute Gasteiger partial charge is 0.444 e. The van der Waals surface area contributed by atoms with E-state index in [1.165, 1.54) is 11.1 Å². The lowest BCUT2D eigenvalue weighted by Gasteiger charge is -2.26.